The van der Waals surface area contributed by atoms with Gasteiger partial charge in [0.05, 0.1) is 11.4 Å². The standard InChI is InChI=1S/C15H21N5/c1-4-13-14(5-2)18-19-15(17-13)20(3)10-11-7-6-8-12(16)9-11/h6-9H,4-5,10,16H2,1-3H3. The van der Waals surface area contributed by atoms with Crippen molar-refractivity contribution in [3.8, 4) is 0 Å². The van der Waals surface area contributed by atoms with Gasteiger partial charge in [0.25, 0.3) is 0 Å². The first-order chi connectivity index (χ1) is 9.63. The minimum atomic E-state index is 0.654. The van der Waals surface area contributed by atoms with Crippen LogP contribution in [0.2, 0.25) is 0 Å². The summed E-state index contributed by atoms with van der Waals surface area (Å²) in [5, 5.41) is 8.48. The first-order valence-corrected chi connectivity index (χ1v) is 6.92. The van der Waals surface area contributed by atoms with Crippen LogP contribution in [-0.2, 0) is 19.4 Å². The Balaban J connectivity index is 2.18. The molecule has 0 saturated carbocycles. The molecule has 5 heteroatoms. The lowest BCUT2D eigenvalue weighted by molar-refractivity contribution is 0.772. The molecule has 0 spiro atoms. The number of aromatic nitrogens is 3. The average molecular weight is 271 g/mol. The zero-order valence-electron chi connectivity index (χ0n) is 12.3. The molecule has 0 amide bonds. The number of rotatable bonds is 5. The number of aryl methyl sites for hydroxylation is 2. The molecule has 0 unspecified atom stereocenters. The maximum Gasteiger partial charge on any atom is 0.245 e. The molecular formula is C15H21N5. The largest absolute Gasteiger partial charge is 0.399 e. The molecular weight excluding hydrogens is 250 g/mol. The van der Waals surface area contributed by atoms with Crippen LogP contribution < -0.4 is 10.6 Å². The predicted molar refractivity (Wildman–Crippen MR) is 81.5 cm³/mol. The van der Waals surface area contributed by atoms with Gasteiger partial charge >= 0.3 is 0 Å². The van der Waals surface area contributed by atoms with E-state index in [9.17, 15) is 0 Å². The zero-order valence-corrected chi connectivity index (χ0v) is 12.3. The maximum absolute atomic E-state index is 5.79. The highest BCUT2D eigenvalue weighted by atomic mass is 15.3. The van der Waals surface area contributed by atoms with E-state index in [1.54, 1.807) is 0 Å². The molecule has 0 aliphatic heterocycles. The van der Waals surface area contributed by atoms with E-state index in [-0.39, 0.29) is 0 Å². The summed E-state index contributed by atoms with van der Waals surface area (Å²) >= 11 is 0. The molecule has 2 N–H and O–H groups in total. The van der Waals surface area contributed by atoms with E-state index in [4.69, 9.17) is 5.73 Å². The van der Waals surface area contributed by atoms with E-state index >= 15 is 0 Å². The molecule has 0 bridgehead atoms. The van der Waals surface area contributed by atoms with E-state index in [1.807, 2.05) is 36.2 Å². The number of anilines is 2. The summed E-state index contributed by atoms with van der Waals surface area (Å²) in [5.74, 6) is 0.654. The summed E-state index contributed by atoms with van der Waals surface area (Å²) in [6, 6.07) is 7.84. The number of nitrogens with zero attached hydrogens (tertiary/aromatic N) is 4. The molecule has 0 atom stereocenters. The average Bonchev–Trinajstić information content (AvgIpc) is 2.46. The molecule has 0 radical (unpaired) electrons. The van der Waals surface area contributed by atoms with E-state index in [1.165, 1.54) is 0 Å². The number of benzene rings is 1. The quantitative estimate of drug-likeness (QED) is 0.844. The van der Waals surface area contributed by atoms with Crippen molar-refractivity contribution in [1.29, 1.82) is 0 Å². The van der Waals surface area contributed by atoms with Crippen LogP contribution in [0.25, 0.3) is 0 Å². The summed E-state index contributed by atoms with van der Waals surface area (Å²) in [6.07, 6.45) is 1.74. The van der Waals surface area contributed by atoms with Crippen molar-refractivity contribution < 1.29 is 0 Å². The molecule has 20 heavy (non-hydrogen) atoms. The van der Waals surface area contributed by atoms with Crippen LogP contribution in [-0.4, -0.2) is 22.2 Å². The van der Waals surface area contributed by atoms with Crippen molar-refractivity contribution >= 4 is 11.6 Å². The van der Waals surface area contributed by atoms with Crippen LogP contribution in [0.5, 0.6) is 0 Å². The van der Waals surface area contributed by atoms with Gasteiger partial charge in [-0.1, -0.05) is 26.0 Å². The molecule has 0 aliphatic rings. The molecule has 1 heterocycles. The van der Waals surface area contributed by atoms with Crippen molar-refractivity contribution in [2.24, 2.45) is 0 Å². The Morgan fingerprint density at radius 2 is 1.85 bits per heavy atom. The minimum absolute atomic E-state index is 0.654. The van der Waals surface area contributed by atoms with Crippen LogP contribution >= 0.6 is 0 Å². The SMILES string of the molecule is CCc1nnc(N(C)Cc2cccc(N)c2)nc1CC. The Morgan fingerprint density at radius 1 is 1.10 bits per heavy atom. The zero-order chi connectivity index (χ0) is 14.5. The normalized spacial score (nSPS) is 10.6. The Hall–Kier alpha value is -2.17. The van der Waals surface area contributed by atoms with Crippen LogP contribution in [0.1, 0.15) is 30.8 Å². The van der Waals surface area contributed by atoms with Crippen LogP contribution in [0.4, 0.5) is 11.6 Å². The number of hydrogen-bond donors (Lipinski definition) is 1. The third-order valence-corrected chi connectivity index (χ3v) is 3.21. The highest BCUT2D eigenvalue weighted by Gasteiger charge is 2.10. The topological polar surface area (TPSA) is 67.9 Å². The monoisotopic (exact) mass is 271 g/mol. The van der Waals surface area contributed by atoms with E-state index in [0.29, 0.717) is 12.5 Å². The van der Waals surface area contributed by atoms with Gasteiger partial charge in [-0.25, -0.2) is 4.98 Å². The van der Waals surface area contributed by atoms with Crippen molar-refractivity contribution in [1.82, 2.24) is 15.2 Å². The second-order valence-electron chi connectivity index (χ2n) is 4.81. The fourth-order valence-electron chi connectivity index (χ4n) is 2.13. The number of nitrogens with two attached hydrogens (primary N) is 1. The van der Waals surface area contributed by atoms with Crippen molar-refractivity contribution in [2.45, 2.75) is 33.2 Å². The lowest BCUT2D eigenvalue weighted by Crippen LogP contribution is -2.21. The van der Waals surface area contributed by atoms with E-state index in [0.717, 1.165) is 35.5 Å². The van der Waals surface area contributed by atoms with Gasteiger partial charge in [0.2, 0.25) is 5.95 Å². The smallest absolute Gasteiger partial charge is 0.245 e. The maximum atomic E-state index is 5.79. The van der Waals surface area contributed by atoms with Crippen molar-refractivity contribution in [3.63, 3.8) is 0 Å². The van der Waals surface area contributed by atoms with Crippen LogP contribution in [0.15, 0.2) is 24.3 Å². The summed E-state index contributed by atoms with van der Waals surface area (Å²) in [5.41, 5.74) is 9.70. The molecule has 0 fully saturated rings. The van der Waals surface area contributed by atoms with Crippen LogP contribution in [0.3, 0.4) is 0 Å². The van der Waals surface area contributed by atoms with Gasteiger partial charge in [-0.15, -0.1) is 5.10 Å². The molecule has 2 rings (SSSR count). The lowest BCUT2D eigenvalue weighted by atomic mass is 10.2. The molecule has 0 saturated heterocycles. The second kappa shape index (κ2) is 6.32. The Labute approximate surface area is 119 Å². The summed E-state index contributed by atoms with van der Waals surface area (Å²) in [4.78, 5) is 6.59. The first-order valence-electron chi connectivity index (χ1n) is 6.92. The van der Waals surface area contributed by atoms with Gasteiger partial charge in [-0.3, -0.25) is 0 Å². The highest BCUT2D eigenvalue weighted by Crippen LogP contribution is 2.14. The highest BCUT2D eigenvalue weighted by molar-refractivity contribution is 5.42. The number of hydrogen-bond acceptors (Lipinski definition) is 5. The van der Waals surface area contributed by atoms with Gasteiger partial charge in [0, 0.05) is 19.3 Å². The summed E-state index contributed by atoms with van der Waals surface area (Å²) in [6.45, 7) is 4.87. The van der Waals surface area contributed by atoms with Crippen molar-refractivity contribution in [2.75, 3.05) is 17.7 Å². The van der Waals surface area contributed by atoms with Gasteiger partial charge in [-0.05, 0) is 30.5 Å². The van der Waals surface area contributed by atoms with Gasteiger partial charge in [0.15, 0.2) is 0 Å². The van der Waals surface area contributed by atoms with Gasteiger partial charge in [-0.2, -0.15) is 5.10 Å². The first kappa shape index (κ1) is 14.2. The molecule has 0 aliphatic carbocycles. The molecule has 1 aromatic carbocycles. The second-order valence-corrected chi connectivity index (χ2v) is 4.81. The van der Waals surface area contributed by atoms with Gasteiger partial charge in [0.1, 0.15) is 0 Å². The van der Waals surface area contributed by atoms with Crippen LogP contribution in [0, 0.1) is 0 Å². The Bertz CT molecular complexity index is 582. The summed E-state index contributed by atoms with van der Waals surface area (Å²) < 4.78 is 0. The Morgan fingerprint density at radius 3 is 2.50 bits per heavy atom. The predicted octanol–water partition coefficient (Wildman–Crippen LogP) is 2.21. The molecule has 1 aromatic heterocycles. The van der Waals surface area contributed by atoms with Gasteiger partial charge < -0.3 is 10.6 Å². The fraction of sp³-hybridized carbons (Fsp3) is 0.400. The minimum Gasteiger partial charge on any atom is -0.399 e. The molecule has 5 nitrogen and oxygen atoms in total. The third kappa shape index (κ3) is 3.23. The third-order valence-electron chi connectivity index (χ3n) is 3.21. The lowest BCUT2D eigenvalue weighted by Gasteiger charge is -2.18. The molecule has 106 valence electrons. The van der Waals surface area contributed by atoms with Crippen molar-refractivity contribution in [3.05, 3.63) is 41.2 Å². The molecule has 2 aromatic rings. The summed E-state index contributed by atoms with van der Waals surface area (Å²) in [7, 11) is 1.96. The van der Waals surface area contributed by atoms with E-state index in [2.05, 4.69) is 29.0 Å². The fourth-order valence-corrected chi connectivity index (χ4v) is 2.13. The Kier molecular flexibility index (Phi) is 4.50. The number of nitrogen functional groups attached to an aromatic ring is 1. The van der Waals surface area contributed by atoms with E-state index < -0.39 is 0 Å².